The number of nitrogens with one attached hydrogen (secondary N) is 3. The van der Waals surface area contributed by atoms with Crippen LogP contribution in [0.1, 0.15) is 165 Å². The first-order chi connectivity index (χ1) is 40.5. The summed E-state index contributed by atoms with van der Waals surface area (Å²) in [5.74, 6) is -5.10. The zero-order valence-corrected chi connectivity index (χ0v) is 52.9. The van der Waals surface area contributed by atoms with E-state index in [1.54, 1.807) is 6.92 Å². The van der Waals surface area contributed by atoms with Crippen LogP contribution in [0.15, 0.2) is 0 Å². The van der Waals surface area contributed by atoms with E-state index < -0.39 is 53.0 Å². The van der Waals surface area contributed by atoms with Crippen LogP contribution in [-0.4, -0.2) is 193 Å². The molecule has 0 rings (SSSR count). The van der Waals surface area contributed by atoms with Crippen molar-refractivity contribution < 1.29 is 95.2 Å². The van der Waals surface area contributed by atoms with Crippen molar-refractivity contribution in [2.24, 2.45) is 35.0 Å². The highest BCUT2D eigenvalue weighted by atomic mass is 16.6. The smallest absolute Gasteiger partial charge is 0.309 e. The molecule has 23 heteroatoms. The molecule has 0 amide bonds. The van der Waals surface area contributed by atoms with Crippen molar-refractivity contribution in [2.45, 2.75) is 165 Å². The number of rotatable bonds is 58. The van der Waals surface area contributed by atoms with Gasteiger partial charge in [0.1, 0.15) is 26.4 Å². The van der Waals surface area contributed by atoms with E-state index in [1.165, 1.54) is 7.11 Å². The van der Waals surface area contributed by atoms with Crippen molar-refractivity contribution in [2.75, 3.05) is 145 Å². The van der Waals surface area contributed by atoms with Gasteiger partial charge in [0, 0.05) is 66.2 Å². The largest absolute Gasteiger partial charge is 0.465 e. The van der Waals surface area contributed by atoms with Crippen LogP contribution >= 0.6 is 0 Å². The van der Waals surface area contributed by atoms with Crippen LogP contribution in [0.2, 0.25) is 0 Å². The quantitative estimate of drug-likeness (QED) is 0.0326. The van der Waals surface area contributed by atoms with E-state index in [2.05, 4.69) is 16.0 Å². The minimum atomic E-state index is -0.992. The molecular formula is C61H111N3O20. The lowest BCUT2D eigenvalue weighted by atomic mass is 9.86. The summed E-state index contributed by atoms with van der Waals surface area (Å²) in [7, 11) is 1.50. The van der Waals surface area contributed by atoms with Crippen molar-refractivity contribution in [1.82, 2.24) is 16.0 Å². The van der Waals surface area contributed by atoms with Crippen LogP contribution in [0.3, 0.4) is 0 Å². The lowest BCUT2D eigenvalue weighted by molar-refractivity contribution is -0.163. The molecule has 0 aliphatic carbocycles. The van der Waals surface area contributed by atoms with Crippen molar-refractivity contribution in [3.05, 3.63) is 0 Å². The molecule has 3 N–H and O–H groups in total. The molecule has 0 radical (unpaired) electrons. The van der Waals surface area contributed by atoms with Gasteiger partial charge in [0.05, 0.1) is 107 Å². The zero-order valence-electron chi connectivity index (χ0n) is 52.9. The average molecular weight is 1210 g/mol. The molecule has 0 spiro atoms. The van der Waals surface area contributed by atoms with E-state index in [0.29, 0.717) is 137 Å². The Labute approximate surface area is 502 Å². The van der Waals surface area contributed by atoms with Crippen molar-refractivity contribution in [3.63, 3.8) is 0 Å². The maximum absolute atomic E-state index is 13.1. The third-order valence-corrected chi connectivity index (χ3v) is 14.0. The standard InChI is InChI=1S/C61H111N3O20/c1-10-15-34-77-58(70)50(8)43-52(60(72)81-42-41-73-9)44-51(13-4)59(71)80-37-21-18-33-76-40-30-64-27-24-55(67)84-47-61(14-5,45-82-53(65)22-25-62-28-38-74-31-16-19-35-78-56(68)48(6)11-2)46-83-54(66)23-26-63-29-39-75-32-17-20-36-79-57(69)49(7)12-3/h48-52,62-64H,10-47H2,1-9H3. The summed E-state index contributed by atoms with van der Waals surface area (Å²) in [6.45, 7) is 21.4. The summed E-state index contributed by atoms with van der Waals surface area (Å²) in [4.78, 5) is 101. The highest BCUT2D eigenvalue weighted by Gasteiger charge is 2.35. The van der Waals surface area contributed by atoms with Gasteiger partial charge in [-0.2, -0.15) is 0 Å². The maximum Gasteiger partial charge on any atom is 0.309 e. The fourth-order valence-corrected chi connectivity index (χ4v) is 7.59. The van der Waals surface area contributed by atoms with Gasteiger partial charge >= 0.3 is 47.8 Å². The molecule has 0 saturated carbocycles. The monoisotopic (exact) mass is 1210 g/mol. The number of unbranched alkanes of at least 4 members (excludes halogenated alkanes) is 4. The average Bonchev–Trinajstić information content (AvgIpc) is 3.71. The number of hydrogen-bond donors (Lipinski definition) is 3. The summed E-state index contributed by atoms with van der Waals surface area (Å²) in [5, 5.41) is 9.48. The Morgan fingerprint density at radius 3 is 1.08 bits per heavy atom. The molecule has 84 heavy (non-hydrogen) atoms. The number of carbonyl (C=O) groups excluding carboxylic acids is 8. The van der Waals surface area contributed by atoms with Gasteiger partial charge in [0.15, 0.2) is 0 Å². The minimum Gasteiger partial charge on any atom is -0.465 e. The van der Waals surface area contributed by atoms with Gasteiger partial charge in [-0.25, -0.2) is 0 Å². The first kappa shape index (κ1) is 79.5. The molecule has 490 valence electrons. The van der Waals surface area contributed by atoms with Crippen LogP contribution < -0.4 is 16.0 Å². The first-order valence-corrected chi connectivity index (χ1v) is 31.2. The third-order valence-electron chi connectivity index (χ3n) is 14.0. The lowest BCUT2D eigenvalue weighted by Crippen LogP contribution is -2.39. The Morgan fingerprint density at radius 2 is 0.714 bits per heavy atom. The summed E-state index contributed by atoms with van der Waals surface area (Å²) >= 11 is 0. The second kappa shape index (κ2) is 53.9. The van der Waals surface area contributed by atoms with Crippen molar-refractivity contribution in [3.8, 4) is 0 Å². The summed E-state index contributed by atoms with van der Waals surface area (Å²) in [5.41, 5.74) is -0.992. The van der Waals surface area contributed by atoms with Gasteiger partial charge in [-0.05, 0) is 83.5 Å². The molecule has 5 unspecified atom stereocenters. The molecular weight excluding hydrogens is 1090 g/mol. The fraction of sp³-hybridized carbons (Fsp3) is 0.869. The fourth-order valence-electron chi connectivity index (χ4n) is 7.59. The van der Waals surface area contributed by atoms with Gasteiger partial charge in [0.2, 0.25) is 0 Å². The topological polar surface area (TPSA) is 283 Å². The second-order valence-electron chi connectivity index (χ2n) is 21.3. The Balaban J connectivity index is 4.91. The predicted molar refractivity (Wildman–Crippen MR) is 314 cm³/mol. The summed E-state index contributed by atoms with van der Waals surface area (Å²) < 4.78 is 65.9. The van der Waals surface area contributed by atoms with Gasteiger partial charge < -0.3 is 72.8 Å². The predicted octanol–water partition coefficient (Wildman–Crippen LogP) is 6.66. The van der Waals surface area contributed by atoms with Crippen LogP contribution in [0.4, 0.5) is 0 Å². The van der Waals surface area contributed by atoms with Crippen LogP contribution in [0, 0.1) is 35.0 Å². The summed E-state index contributed by atoms with van der Waals surface area (Å²) in [6.07, 6.45) is 8.65. The van der Waals surface area contributed by atoms with E-state index in [4.69, 9.17) is 56.8 Å². The van der Waals surface area contributed by atoms with E-state index in [9.17, 15) is 38.4 Å². The van der Waals surface area contributed by atoms with Crippen molar-refractivity contribution in [1.29, 1.82) is 0 Å². The molecule has 0 aromatic rings. The normalized spacial score (nSPS) is 13.8. The maximum atomic E-state index is 13.1. The third kappa shape index (κ3) is 43.2. The molecule has 5 atom stereocenters. The van der Waals surface area contributed by atoms with E-state index >= 15 is 0 Å². The summed E-state index contributed by atoms with van der Waals surface area (Å²) in [6, 6.07) is 0. The number of methoxy groups -OCH3 is 1. The first-order valence-electron chi connectivity index (χ1n) is 31.2. The van der Waals surface area contributed by atoms with Crippen LogP contribution in [0.25, 0.3) is 0 Å². The number of ether oxygens (including phenoxy) is 12. The molecule has 0 fully saturated rings. The second-order valence-corrected chi connectivity index (χ2v) is 21.3. The highest BCUT2D eigenvalue weighted by molar-refractivity contribution is 5.78. The molecule has 0 aromatic carbocycles. The molecule has 0 heterocycles. The minimum absolute atomic E-state index is 0.0518. The molecule has 0 aliphatic heterocycles. The van der Waals surface area contributed by atoms with Crippen molar-refractivity contribution >= 4 is 47.8 Å². The van der Waals surface area contributed by atoms with Gasteiger partial charge in [0.25, 0.3) is 0 Å². The van der Waals surface area contributed by atoms with E-state index in [0.717, 1.165) is 38.5 Å². The zero-order chi connectivity index (χ0) is 62.5. The molecule has 0 saturated heterocycles. The SMILES string of the molecule is CCCCOC(=O)C(C)CC(CC(CC)C(=O)OCCCCOCCNCCC(=O)OCC(CC)(COC(=O)CCNCCOCCCCOC(=O)C(C)CC)COC(=O)CCNCCOCCCCOC(=O)C(C)CC)C(=O)OCCOC. The van der Waals surface area contributed by atoms with Gasteiger partial charge in [-0.3, -0.25) is 38.4 Å². The number of hydrogen-bond acceptors (Lipinski definition) is 23. The number of carbonyl (C=O) groups is 8. The Bertz CT molecular complexity index is 1680. The Kier molecular flexibility index (Phi) is 51.0. The van der Waals surface area contributed by atoms with Crippen LogP contribution in [-0.2, 0) is 95.2 Å². The molecule has 0 aromatic heterocycles. The van der Waals surface area contributed by atoms with Gasteiger partial charge in [-0.15, -0.1) is 0 Å². The molecule has 23 nitrogen and oxygen atoms in total. The molecule has 0 aliphatic rings. The van der Waals surface area contributed by atoms with E-state index in [1.807, 2.05) is 48.5 Å². The lowest BCUT2D eigenvalue weighted by Gasteiger charge is -2.31. The highest BCUT2D eigenvalue weighted by Crippen LogP contribution is 2.27. The molecule has 0 bridgehead atoms. The van der Waals surface area contributed by atoms with Crippen LogP contribution in [0.5, 0.6) is 0 Å². The van der Waals surface area contributed by atoms with Gasteiger partial charge in [-0.1, -0.05) is 61.8 Å². The number of esters is 8. The van der Waals surface area contributed by atoms with E-state index in [-0.39, 0.29) is 101 Å². The Hall–Kier alpha value is -4.52. The Morgan fingerprint density at radius 1 is 0.357 bits per heavy atom.